The van der Waals surface area contributed by atoms with Gasteiger partial charge >= 0.3 is 0 Å². The largest absolute Gasteiger partial charge is 0.342 e. The van der Waals surface area contributed by atoms with Crippen LogP contribution in [0.15, 0.2) is 29.2 Å². The number of thioether (sulfide) groups is 1. The van der Waals surface area contributed by atoms with E-state index in [9.17, 15) is 9.59 Å². The van der Waals surface area contributed by atoms with Crippen LogP contribution < -0.4 is 10.2 Å². The van der Waals surface area contributed by atoms with Gasteiger partial charge in [-0.3, -0.25) is 14.5 Å². The van der Waals surface area contributed by atoms with Crippen LogP contribution in [0.25, 0.3) is 0 Å². The van der Waals surface area contributed by atoms with E-state index >= 15 is 0 Å². The molecule has 1 saturated carbocycles. The molecule has 20 heavy (non-hydrogen) atoms. The van der Waals surface area contributed by atoms with Crippen LogP contribution in [0.1, 0.15) is 19.8 Å². The molecule has 3 rings (SSSR count). The normalized spacial score (nSPS) is 26.6. The number of anilines is 1. The predicted molar refractivity (Wildman–Crippen MR) is 79.8 cm³/mol. The van der Waals surface area contributed by atoms with Gasteiger partial charge in [-0.2, -0.15) is 0 Å². The van der Waals surface area contributed by atoms with Gasteiger partial charge in [0.05, 0.1) is 0 Å². The average Bonchev–Trinajstić information content (AvgIpc) is 3.28. The molecular formula is C15H18N2O2S. The summed E-state index contributed by atoms with van der Waals surface area (Å²) in [4.78, 5) is 27.5. The summed E-state index contributed by atoms with van der Waals surface area (Å²) in [5, 5.41) is 2.87. The van der Waals surface area contributed by atoms with Gasteiger partial charge in [-0.1, -0.05) is 0 Å². The molecule has 1 aromatic carbocycles. The molecule has 2 amide bonds. The molecular weight excluding hydrogens is 272 g/mol. The van der Waals surface area contributed by atoms with Crippen molar-refractivity contribution in [2.75, 3.05) is 11.2 Å². The summed E-state index contributed by atoms with van der Waals surface area (Å²) in [5.41, 5.74) is 0.806. The van der Waals surface area contributed by atoms with Crippen molar-refractivity contribution >= 4 is 29.3 Å². The highest BCUT2D eigenvalue weighted by atomic mass is 32.2. The van der Waals surface area contributed by atoms with Crippen molar-refractivity contribution in [2.24, 2.45) is 5.92 Å². The van der Waals surface area contributed by atoms with Crippen molar-refractivity contribution < 1.29 is 9.59 Å². The fourth-order valence-corrected chi connectivity index (χ4v) is 3.04. The monoisotopic (exact) mass is 290 g/mol. The van der Waals surface area contributed by atoms with Crippen molar-refractivity contribution in [3.8, 4) is 0 Å². The molecule has 1 aliphatic carbocycles. The first-order chi connectivity index (χ1) is 9.61. The minimum atomic E-state index is -0.447. The summed E-state index contributed by atoms with van der Waals surface area (Å²) in [6.45, 7) is 1.78. The fraction of sp³-hybridized carbons (Fsp3) is 0.467. The van der Waals surface area contributed by atoms with Gasteiger partial charge in [-0.15, -0.1) is 11.8 Å². The molecule has 4 nitrogen and oxygen atoms in total. The highest BCUT2D eigenvalue weighted by Crippen LogP contribution is 2.36. The Labute approximate surface area is 122 Å². The summed E-state index contributed by atoms with van der Waals surface area (Å²) in [5.74, 6) is 0.291. The number of amides is 2. The van der Waals surface area contributed by atoms with Crippen LogP contribution in [-0.4, -0.2) is 30.2 Å². The lowest BCUT2D eigenvalue weighted by Gasteiger charge is -2.37. The van der Waals surface area contributed by atoms with Gasteiger partial charge in [-0.25, -0.2) is 0 Å². The second-order valence-electron chi connectivity index (χ2n) is 5.41. The quantitative estimate of drug-likeness (QED) is 0.867. The van der Waals surface area contributed by atoms with Crippen molar-refractivity contribution in [2.45, 2.75) is 36.7 Å². The Morgan fingerprint density at radius 1 is 1.20 bits per heavy atom. The minimum Gasteiger partial charge on any atom is -0.342 e. The average molecular weight is 290 g/mol. The highest BCUT2D eigenvalue weighted by molar-refractivity contribution is 7.98. The summed E-state index contributed by atoms with van der Waals surface area (Å²) in [7, 11) is 0. The lowest BCUT2D eigenvalue weighted by atomic mass is 10.0. The summed E-state index contributed by atoms with van der Waals surface area (Å²) in [6.07, 6.45) is 4.08. The van der Waals surface area contributed by atoms with Crippen LogP contribution >= 0.6 is 11.8 Å². The van der Waals surface area contributed by atoms with E-state index in [-0.39, 0.29) is 17.9 Å². The fourth-order valence-electron chi connectivity index (χ4n) is 2.64. The maximum atomic E-state index is 12.6. The van der Waals surface area contributed by atoms with Gasteiger partial charge in [0.25, 0.3) is 5.91 Å². The van der Waals surface area contributed by atoms with Crippen LogP contribution in [0.4, 0.5) is 5.69 Å². The smallest absolute Gasteiger partial charge is 0.250 e. The van der Waals surface area contributed by atoms with Crippen LogP contribution in [0, 0.1) is 5.92 Å². The number of rotatable bonds is 3. The van der Waals surface area contributed by atoms with Gasteiger partial charge in [0.2, 0.25) is 5.91 Å². The molecule has 1 N–H and O–H groups in total. The molecule has 0 spiro atoms. The zero-order valence-electron chi connectivity index (χ0n) is 11.6. The minimum absolute atomic E-state index is 0.0245. The molecule has 1 aliphatic heterocycles. The molecule has 2 unspecified atom stereocenters. The molecule has 1 aromatic rings. The van der Waals surface area contributed by atoms with Crippen molar-refractivity contribution in [1.82, 2.24) is 5.32 Å². The van der Waals surface area contributed by atoms with Gasteiger partial charge in [0.1, 0.15) is 12.1 Å². The number of hydrogen-bond donors (Lipinski definition) is 1. The zero-order valence-corrected chi connectivity index (χ0v) is 12.4. The number of carbonyl (C=O) groups excluding carboxylic acids is 2. The lowest BCUT2D eigenvalue weighted by molar-refractivity contribution is -0.133. The Morgan fingerprint density at radius 2 is 1.85 bits per heavy atom. The molecule has 2 atom stereocenters. The molecule has 1 heterocycles. The Morgan fingerprint density at radius 3 is 2.40 bits per heavy atom. The number of carbonyl (C=O) groups is 2. The van der Waals surface area contributed by atoms with E-state index in [1.165, 1.54) is 0 Å². The zero-order chi connectivity index (χ0) is 14.3. The molecule has 1 saturated heterocycles. The third-order valence-electron chi connectivity index (χ3n) is 4.01. The number of benzene rings is 1. The maximum Gasteiger partial charge on any atom is 0.250 e. The van der Waals surface area contributed by atoms with Gasteiger partial charge < -0.3 is 5.32 Å². The molecule has 106 valence electrons. The third-order valence-corrected chi connectivity index (χ3v) is 4.76. The summed E-state index contributed by atoms with van der Waals surface area (Å²) >= 11 is 1.66. The number of piperazine rings is 1. The SMILES string of the molecule is CSc1ccc(N2C(=O)C(C3CC3)NC(=O)C2C)cc1. The van der Waals surface area contributed by atoms with Crippen molar-refractivity contribution in [1.29, 1.82) is 0 Å². The van der Waals surface area contributed by atoms with E-state index in [4.69, 9.17) is 0 Å². The number of nitrogens with one attached hydrogen (secondary N) is 1. The van der Waals surface area contributed by atoms with Crippen molar-refractivity contribution in [3.05, 3.63) is 24.3 Å². The Bertz CT molecular complexity index is 539. The van der Waals surface area contributed by atoms with Crippen LogP contribution in [0.3, 0.4) is 0 Å². The van der Waals surface area contributed by atoms with E-state index < -0.39 is 6.04 Å². The topological polar surface area (TPSA) is 49.4 Å². The van der Waals surface area contributed by atoms with Crippen LogP contribution in [-0.2, 0) is 9.59 Å². The Kier molecular flexibility index (Phi) is 3.46. The first kappa shape index (κ1) is 13.5. The first-order valence-electron chi connectivity index (χ1n) is 6.89. The molecule has 0 aromatic heterocycles. The molecule has 5 heteroatoms. The van der Waals surface area contributed by atoms with Crippen molar-refractivity contribution in [3.63, 3.8) is 0 Å². The summed E-state index contributed by atoms with van der Waals surface area (Å²) in [6, 6.07) is 7.03. The van der Waals surface area contributed by atoms with E-state index in [0.29, 0.717) is 5.92 Å². The second-order valence-corrected chi connectivity index (χ2v) is 6.29. The van der Waals surface area contributed by atoms with Gasteiger partial charge in [0.15, 0.2) is 0 Å². The van der Waals surface area contributed by atoms with E-state index in [2.05, 4.69) is 5.32 Å². The molecule has 0 radical (unpaired) electrons. The molecule has 2 aliphatic rings. The number of nitrogens with zero attached hydrogens (tertiary/aromatic N) is 1. The highest BCUT2D eigenvalue weighted by Gasteiger charge is 2.45. The van der Waals surface area contributed by atoms with Gasteiger partial charge in [-0.05, 0) is 56.2 Å². The Hall–Kier alpha value is -1.49. The van der Waals surface area contributed by atoms with E-state index in [1.54, 1.807) is 23.6 Å². The third kappa shape index (κ3) is 2.30. The number of hydrogen-bond acceptors (Lipinski definition) is 3. The van der Waals surface area contributed by atoms with Gasteiger partial charge in [0, 0.05) is 10.6 Å². The maximum absolute atomic E-state index is 12.6. The Balaban J connectivity index is 1.90. The first-order valence-corrected chi connectivity index (χ1v) is 8.12. The second kappa shape index (κ2) is 5.13. The van der Waals surface area contributed by atoms with Crippen LogP contribution in [0.5, 0.6) is 0 Å². The molecule has 0 bridgehead atoms. The predicted octanol–water partition coefficient (Wildman–Crippen LogP) is 2.04. The standard InChI is InChI=1S/C15H18N2O2S/c1-9-14(18)16-13(10-3-4-10)15(19)17(9)11-5-7-12(20-2)8-6-11/h5-10,13H,3-4H2,1-2H3,(H,16,18). The summed E-state index contributed by atoms with van der Waals surface area (Å²) < 4.78 is 0. The lowest BCUT2D eigenvalue weighted by Crippen LogP contribution is -2.63. The van der Waals surface area contributed by atoms with Crippen LogP contribution in [0.2, 0.25) is 0 Å². The van der Waals surface area contributed by atoms with E-state index in [1.807, 2.05) is 30.5 Å². The van der Waals surface area contributed by atoms with E-state index in [0.717, 1.165) is 23.4 Å². The molecule has 2 fully saturated rings.